The number of halogens is 3. The fraction of sp³-hybridized carbons (Fsp3) is 0.111. The minimum Gasteiger partial charge on any atom is -0.493 e. The molecule has 3 rings (SSSR count). The van der Waals surface area contributed by atoms with Gasteiger partial charge in [-0.1, -0.05) is 11.6 Å². The number of cyclic esters (lactones) is 1. The Morgan fingerprint density at radius 1 is 1.23 bits per heavy atom. The van der Waals surface area contributed by atoms with Gasteiger partial charge >= 0.3 is 5.97 Å². The predicted molar refractivity (Wildman–Crippen MR) is 112 cm³/mol. The van der Waals surface area contributed by atoms with Crippen LogP contribution in [-0.2, 0) is 9.53 Å². The number of carbonyl (C=O) groups is 1. The molecule has 26 heavy (non-hydrogen) atoms. The summed E-state index contributed by atoms with van der Waals surface area (Å²) in [6, 6.07) is 8.96. The molecule has 0 atom stereocenters. The summed E-state index contributed by atoms with van der Waals surface area (Å²) in [6.45, 7) is 0. The van der Waals surface area contributed by atoms with Crippen molar-refractivity contribution >= 4 is 68.1 Å². The summed E-state index contributed by atoms with van der Waals surface area (Å²) >= 11 is 11.8. The maximum atomic E-state index is 12.2. The molecule has 5 nitrogen and oxygen atoms in total. The van der Waals surface area contributed by atoms with E-state index >= 15 is 0 Å². The first-order chi connectivity index (χ1) is 12.4. The third-order valence-electron chi connectivity index (χ3n) is 3.54. The minimum atomic E-state index is -0.541. The lowest BCUT2D eigenvalue weighted by Crippen LogP contribution is -2.06. The Balaban J connectivity index is 2.01. The second-order valence-electron chi connectivity index (χ2n) is 5.20. The van der Waals surface area contributed by atoms with Gasteiger partial charge in [0.15, 0.2) is 17.2 Å². The van der Waals surface area contributed by atoms with Crippen molar-refractivity contribution in [3.05, 3.63) is 60.2 Å². The number of esters is 1. The van der Waals surface area contributed by atoms with E-state index in [0.29, 0.717) is 32.1 Å². The fourth-order valence-corrected chi connectivity index (χ4v) is 3.68. The van der Waals surface area contributed by atoms with Crippen LogP contribution in [0.5, 0.6) is 11.5 Å². The van der Waals surface area contributed by atoms with Crippen LogP contribution in [0.4, 0.5) is 0 Å². The molecule has 0 amide bonds. The highest BCUT2D eigenvalue weighted by molar-refractivity contribution is 14.1. The number of hydrogen-bond acceptors (Lipinski definition) is 5. The van der Waals surface area contributed by atoms with Gasteiger partial charge < -0.3 is 14.2 Å². The molecular formula is C18H12BrClINO4. The van der Waals surface area contributed by atoms with Gasteiger partial charge in [0.05, 0.1) is 29.3 Å². The van der Waals surface area contributed by atoms with E-state index in [1.807, 2.05) is 12.1 Å². The van der Waals surface area contributed by atoms with Crippen LogP contribution in [0, 0.1) is 3.57 Å². The first-order valence-electron chi connectivity index (χ1n) is 7.32. The molecule has 0 bridgehead atoms. The highest BCUT2D eigenvalue weighted by Crippen LogP contribution is 2.37. The van der Waals surface area contributed by atoms with Gasteiger partial charge in [-0.3, -0.25) is 0 Å². The van der Waals surface area contributed by atoms with Crippen LogP contribution in [0.1, 0.15) is 11.1 Å². The third kappa shape index (κ3) is 3.89. The minimum absolute atomic E-state index is 0.175. The molecule has 0 unspecified atom stereocenters. The molecule has 2 aromatic carbocycles. The Hall–Kier alpha value is -1.58. The number of rotatable bonds is 4. The van der Waals surface area contributed by atoms with Gasteiger partial charge in [0.2, 0.25) is 5.90 Å². The lowest BCUT2D eigenvalue weighted by atomic mass is 10.1. The molecule has 1 aliphatic rings. The maximum absolute atomic E-state index is 12.2. The molecule has 8 heteroatoms. The van der Waals surface area contributed by atoms with Crippen LogP contribution >= 0.6 is 50.1 Å². The zero-order chi connectivity index (χ0) is 18.8. The van der Waals surface area contributed by atoms with Crippen LogP contribution in [0.2, 0.25) is 5.02 Å². The van der Waals surface area contributed by atoms with Crippen LogP contribution in [0.15, 0.2) is 45.5 Å². The fourth-order valence-electron chi connectivity index (χ4n) is 2.36. The summed E-state index contributed by atoms with van der Waals surface area (Å²) in [7, 11) is 3.09. The Kier molecular flexibility index (Phi) is 5.89. The van der Waals surface area contributed by atoms with Gasteiger partial charge in [0.1, 0.15) is 0 Å². The average molecular weight is 549 g/mol. The van der Waals surface area contributed by atoms with E-state index in [2.05, 4.69) is 43.5 Å². The topological polar surface area (TPSA) is 57.1 Å². The highest BCUT2D eigenvalue weighted by atomic mass is 127. The largest absolute Gasteiger partial charge is 0.493 e. The predicted octanol–water partition coefficient (Wildman–Crippen LogP) is 5.07. The normalized spacial score (nSPS) is 15.0. The van der Waals surface area contributed by atoms with Crippen LogP contribution < -0.4 is 9.47 Å². The second-order valence-corrected chi connectivity index (χ2v) is 7.71. The van der Waals surface area contributed by atoms with E-state index in [0.717, 1.165) is 3.57 Å². The van der Waals surface area contributed by atoms with Gasteiger partial charge in [-0.05, 0) is 80.5 Å². The molecule has 134 valence electrons. The first-order valence-corrected chi connectivity index (χ1v) is 9.57. The number of ether oxygens (including phenoxy) is 3. The smallest absolute Gasteiger partial charge is 0.363 e. The van der Waals surface area contributed by atoms with Crippen LogP contribution in [0.3, 0.4) is 0 Å². The highest BCUT2D eigenvalue weighted by Gasteiger charge is 2.26. The van der Waals surface area contributed by atoms with Crippen molar-refractivity contribution < 1.29 is 19.0 Å². The molecule has 1 aliphatic heterocycles. The van der Waals surface area contributed by atoms with Crippen molar-refractivity contribution in [1.82, 2.24) is 0 Å². The molecule has 0 aromatic heterocycles. The zero-order valence-electron chi connectivity index (χ0n) is 13.7. The van der Waals surface area contributed by atoms with E-state index < -0.39 is 5.97 Å². The van der Waals surface area contributed by atoms with Gasteiger partial charge in [-0.15, -0.1) is 0 Å². The summed E-state index contributed by atoms with van der Waals surface area (Å²) in [6.07, 6.45) is 1.61. The van der Waals surface area contributed by atoms with E-state index in [4.69, 9.17) is 25.8 Å². The summed E-state index contributed by atoms with van der Waals surface area (Å²) in [5.74, 6) is 0.744. The molecule has 2 aromatic rings. The molecule has 1 heterocycles. The standard InChI is InChI=1S/C18H12BrClINO4/c1-24-15-7-9(5-12(19)16(15)25-2)6-14-18(23)26-17(22-14)11-8-10(21)3-4-13(11)20/h3-8H,1-2H3/b14-6-. The molecule has 0 spiro atoms. The van der Waals surface area contributed by atoms with Crippen LogP contribution in [-0.4, -0.2) is 26.1 Å². The summed E-state index contributed by atoms with van der Waals surface area (Å²) in [5.41, 5.74) is 1.46. The number of aliphatic imine (C=N–C) groups is 1. The van der Waals surface area contributed by atoms with Crippen molar-refractivity contribution in [2.24, 2.45) is 4.99 Å². The lowest BCUT2D eigenvalue weighted by Gasteiger charge is -2.10. The monoisotopic (exact) mass is 547 g/mol. The molecular weight excluding hydrogens is 536 g/mol. The van der Waals surface area contributed by atoms with Crippen molar-refractivity contribution in [1.29, 1.82) is 0 Å². The first kappa shape index (κ1) is 19.2. The number of hydrogen-bond donors (Lipinski definition) is 0. The molecule has 0 saturated heterocycles. The molecule has 0 saturated carbocycles. The number of carbonyl (C=O) groups excluding carboxylic acids is 1. The molecule has 0 fully saturated rings. The van der Waals surface area contributed by atoms with E-state index in [-0.39, 0.29) is 11.6 Å². The Morgan fingerprint density at radius 2 is 2.00 bits per heavy atom. The lowest BCUT2D eigenvalue weighted by molar-refractivity contribution is -0.129. The van der Waals surface area contributed by atoms with Gasteiger partial charge in [0, 0.05) is 3.57 Å². The number of benzene rings is 2. The Morgan fingerprint density at radius 3 is 2.69 bits per heavy atom. The molecule has 0 N–H and O–H groups in total. The average Bonchev–Trinajstić information content (AvgIpc) is 2.97. The van der Waals surface area contributed by atoms with Gasteiger partial charge in [0.25, 0.3) is 0 Å². The van der Waals surface area contributed by atoms with Gasteiger partial charge in [-0.2, -0.15) is 0 Å². The SMILES string of the molecule is COc1cc(/C=C2\N=C(c3cc(I)ccc3Cl)OC2=O)cc(Br)c1OC. The van der Waals surface area contributed by atoms with Gasteiger partial charge in [-0.25, -0.2) is 9.79 Å². The zero-order valence-corrected chi connectivity index (χ0v) is 18.2. The van der Waals surface area contributed by atoms with Crippen molar-refractivity contribution in [3.8, 4) is 11.5 Å². The second kappa shape index (κ2) is 7.98. The number of nitrogens with zero attached hydrogens (tertiary/aromatic N) is 1. The van der Waals surface area contributed by atoms with Crippen molar-refractivity contribution in [2.45, 2.75) is 0 Å². The quantitative estimate of drug-likeness (QED) is 0.304. The van der Waals surface area contributed by atoms with Crippen LogP contribution in [0.25, 0.3) is 6.08 Å². The summed E-state index contributed by atoms with van der Waals surface area (Å²) < 4.78 is 17.5. The van der Waals surface area contributed by atoms with E-state index in [1.54, 1.807) is 38.5 Å². The molecule has 0 radical (unpaired) electrons. The molecule has 0 aliphatic carbocycles. The third-order valence-corrected chi connectivity index (χ3v) is 5.13. The Bertz CT molecular complexity index is 958. The number of methoxy groups -OCH3 is 2. The van der Waals surface area contributed by atoms with E-state index in [9.17, 15) is 4.79 Å². The van der Waals surface area contributed by atoms with Crippen molar-refractivity contribution in [2.75, 3.05) is 14.2 Å². The van der Waals surface area contributed by atoms with E-state index in [1.165, 1.54) is 0 Å². The Labute approximate surface area is 177 Å². The van der Waals surface area contributed by atoms with Crippen molar-refractivity contribution in [3.63, 3.8) is 0 Å². The summed E-state index contributed by atoms with van der Waals surface area (Å²) in [5, 5.41) is 0.465. The maximum Gasteiger partial charge on any atom is 0.363 e. The summed E-state index contributed by atoms with van der Waals surface area (Å²) in [4.78, 5) is 16.5.